The van der Waals surface area contributed by atoms with Gasteiger partial charge >= 0.3 is 0 Å². The molecule has 0 aliphatic heterocycles. The zero-order chi connectivity index (χ0) is 25.9. The van der Waals surface area contributed by atoms with Gasteiger partial charge in [-0.3, -0.25) is 4.79 Å². The first-order valence-electron chi connectivity index (χ1n) is 11.6. The van der Waals surface area contributed by atoms with E-state index < -0.39 is 17.5 Å². The van der Waals surface area contributed by atoms with E-state index in [-0.39, 0.29) is 5.69 Å². The van der Waals surface area contributed by atoms with Gasteiger partial charge in [0.1, 0.15) is 23.0 Å². The molecule has 5 rings (SSSR count). The molecule has 6 heteroatoms. The quantitative estimate of drug-likeness (QED) is 0.242. The molecular formula is C31H23F2NO3. The van der Waals surface area contributed by atoms with Crippen molar-refractivity contribution in [3.8, 4) is 28.0 Å². The van der Waals surface area contributed by atoms with E-state index in [0.717, 1.165) is 39.8 Å². The van der Waals surface area contributed by atoms with E-state index in [1.807, 2.05) is 36.4 Å². The number of ether oxygens (including phenoxy) is 1. The van der Waals surface area contributed by atoms with Crippen LogP contribution in [0.2, 0.25) is 0 Å². The lowest BCUT2D eigenvalue weighted by Crippen LogP contribution is -2.10. The lowest BCUT2D eigenvalue weighted by molar-refractivity contribution is -0.111. The standard InChI is InChI=1S/C31H23F2NO3/c1-19(14-31(35)34-28-13-12-23(32)15-27(28)33)24-16-25-26(18-37-30(25)17-29(24)36-2)22-10-8-21(9-11-22)20-6-4-3-5-7-20/h3-18H,1-2H3,(H,34,35)/b19-14+. The van der Waals surface area contributed by atoms with Crippen LogP contribution in [0.4, 0.5) is 14.5 Å². The molecule has 0 saturated heterocycles. The van der Waals surface area contributed by atoms with Crippen molar-refractivity contribution in [3.05, 3.63) is 114 Å². The Labute approximate surface area is 212 Å². The van der Waals surface area contributed by atoms with Gasteiger partial charge in [-0.15, -0.1) is 0 Å². The first-order chi connectivity index (χ1) is 17.9. The summed E-state index contributed by atoms with van der Waals surface area (Å²) in [6.07, 6.45) is 3.05. The Morgan fingerprint density at radius 2 is 1.59 bits per heavy atom. The van der Waals surface area contributed by atoms with Crippen molar-refractivity contribution in [1.82, 2.24) is 0 Å². The molecule has 0 bridgehead atoms. The average Bonchev–Trinajstić information content (AvgIpc) is 3.33. The number of benzene rings is 4. The van der Waals surface area contributed by atoms with Gasteiger partial charge < -0.3 is 14.5 Å². The second-order valence-corrected chi connectivity index (χ2v) is 8.58. The third kappa shape index (κ3) is 5.00. The van der Waals surface area contributed by atoms with Gasteiger partial charge in [0.25, 0.3) is 0 Å². The molecular weight excluding hydrogens is 472 g/mol. The molecule has 1 heterocycles. The summed E-state index contributed by atoms with van der Waals surface area (Å²) in [7, 11) is 1.54. The molecule has 4 aromatic carbocycles. The Balaban J connectivity index is 1.47. The topological polar surface area (TPSA) is 51.5 Å². The number of hydrogen-bond donors (Lipinski definition) is 1. The normalized spacial score (nSPS) is 11.5. The average molecular weight is 496 g/mol. The first-order valence-corrected chi connectivity index (χ1v) is 11.6. The van der Waals surface area contributed by atoms with Crippen LogP contribution >= 0.6 is 0 Å². The molecule has 5 aromatic rings. The molecule has 37 heavy (non-hydrogen) atoms. The van der Waals surface area contributed by atoms with Crippen molar-refractivity contribution in [2.75, 3.05) is 12.4 Å². The van der Waals surface area contributed by atoms with Gasteiger partial charge in [-0.25, -0.2) is 8.78 Å². The van der Waals surface area contributed by atoms with Crippen LogP contribution in [0, 0.1) is 11.6 Å². The number of methoxy groups -OCH3 is 1. The molecule has 0 spiro atoms. The monoisotopic (exact) mass is 495 g/mol. The van der Waals surface area contributed by atoms with Crippen molar-refractivity contribution in [2.24, 2.45) is 0 Å². The molecule has 0 fully saturated rings. The van der Waals surface area contributed by atoms with Gasteiger partial charge in [0.15, 0.2) is 0 Å². The van der Waals surface area contributed by atoms with Crippen LogP contribution in [-0.4, -0.2) is 13.0 Å². The third-order valence-electron chi connectivity index (χ3n) is 6.16. The summed E-state index contributed by atoms with van der Waals surface area (Å²) in [5, 5.41) is 3.31. The number of rotatable bonds is 6. The number of hydrogen-bond acceptors (Lipinski definition) is 3. The maximum absolute atomic E-state index is 14.0. The number of carbonyl (C=O) groups excluding carboxylic acids is 1. The minimum atomic E-state index is -0.847. The van der Waals surface area contributed by atoms with Gasteiger partial charge in [-0.05, 0) is 47.4 Å². The number of nitrogens with one attached hydrogen (secondary N) is 1. The van der Waals surface area contributed by atoms with Crippen LogP contribution in [0.3, 0.4) is 0 Å². The number of anilines is 1. The van der Waals surface area contributed by atoms with Crippen molar-refractivity contribution >= 4 is 28.1 Å². The minimum absolute atomic E-state index is 0.103. The lowest BCUT2D eigenvalue weighted by atomic mass is 9.97. The number of furan rings is 1. The van der Waals surface area contributed by atoms with Crippen LogP contribution < -0.4 is 10.1 Å². The molecule has 1 N–H and O–H groups in total. The Hall–Kier alpha value is -4.71. The highest BCUT2D eigenvalue weighted by Crippen LogP contribution is 2.38. The third-order valence-corrected chi connectivity index (χ3v) is 6.16. The second kappa shape index (κ2) is 10.1. The molecule has 184 valence electrons. The Morgan fingerprint density at radius 3 is 2.30 bits per heavy atom. The summed E-state index contributed by atoms with van der Waals surface area (Å²) >= 11 is 0. The predicted octanol–water partition coefficient (Wildman–Crippen LogP) is 8.10. The number of halogens is 2. The SMILES string of the molecule is COc1cc2occ(-c3ccc(-c4ccccc4)cc3)c2cc1/C(C)=C/C(=O)Nc1ccc(F)cc1F. The predicted molar refractivity (Wildman–Crippen MR) is 142 cm³/mol. The fourth-order valence-corrected chi connectivity index (χ4v) is 4.26. The van der Waals surface area contributed by atoms with E-state index in [9.17, 15) is 13.6 Å². The highest BCUT2D eigenvalue weighted by molar-refractivity contribution is 6.05. The number of allylic oxidation sites excluding steroid dienone is 1. The molecule has 0 aliphatic carbocycles. The van der Waals surface area contributed by atoms with E-state index in [2.05, 4.69) is 29.6 Å². The highest BCUT2D eigenvalue weighted by Gasteiger charge is 2.16. The van der Waals surface area contributed by atoms with Crippen molar-refractivity contribution in [3.63, 3.8) is 0 Å². The van der Waals surface area contributed by atoms with Gasteiger partial charge in [0.05, 0.1) is 19.1 Å². The molecule has 0 atom stereocenters. The summed E-state index contributed by atoms with van der Waals surface area (Å²) in [5.41, 5.74) is 5.98. The number of fused-ring (bicyclic) bond motifs is 1. The number of amides is 1. The Bertz CT molecular complexity index is 1620. The summed E-state index contributed by atoms with van der Waals surface area (Å²) in [6, 6.07) is 25.0. The van der Waals surface area contributed by atoms with E-state index in [1.54, 1.807) is 19.3 Å². The molecule has 1 aromatic heterocycles. The van der Waals surface area contributed by atoms with Crippen LogP contribution in [0.5, 0.6) is 5.75 Å². The number of carbonyl (C=O) groups is 1. The molecule has 0 saturated carbocycles. The van der Waals surface area contributed by atoms with Gasteiger partial charge in [0.2, 0.25) is 5.91 Å². The molecule has 0 radical (unpaired) electrons. The summed E-state index contributed by atoms with van der Waals surface area (Å²) in [6.45, 7) is 1.76. The van der Waals surface area contributed by atoms with E-state index in [0.29, 0.717) is 22.5 Å². The summed E-state index contributed by atoms with van der Waals surface area (Å²) < 4.78 is 38.5. The Kier molecular flexibility index (Phi) is 6.56. The van der Waals surface area contributed by atoms with E-state index in [4.69, 9.17) is 9.15 Å². The Morgan fingerprint density at radius 1 is 0.892 bits per heavy atom. The van der Waals surface area contributed by atoms with Crippen LogP contribution in [-0.2, 0) is 4.79 Å². The maximum Gasteiger partial charge on any atom is 0.248 e. The second-order valence-electron chi connectivity index (χ2n) is 8.58. The van der Waals surface area contributed by atoms with Crippen LogP contribution in [0.1, 0.15) is 12.5 Å². The van der Waals surface area contributed by atoms with E-state index >= 15 is 0 Å². The van der Waals surface area contributed by atoms with Crippen molar-refractivity contribution in [1.29, 1.82) is 0 Å². The van der Waals surface area contributed by atoms with Gasteiger partial charge in [0, 0.05) is 34.7 Å². The maximum atomic E-state index is 14.0. The zero-order valence-electron chi connectivity index (χ0n) is 20.2. The van der Waals surface area contributed by atoms with Gasteiger partial charge in [-0.2, -0.15) is 0 Å². The smallest absolute Gasteiger partial charge is 0.248 e. The lowest BCUT2D eigenvalue weighted by Gasteiger charge is -2.11. The highest BCUT2D eigenvalue weighted by atomic mass is 19.1. The summed E-state index contributed by atoms with van der Waals surface area (Å²) in [4.78, 5) is 12.6. The van der Waals surface area contributed by atoms with Gasteiger partial charge in [-0.1, -0.05) is 54.6 Å². The molecule has 0 aliphatic rings. The minimum Gasteiger partial charge on any atom is -0.496 e. The first kappa shape index (κ1) is 24.0. The zero-order valence-corrected chi connectivity index (χ0v) is 20.2. The fourth-order valence-electron chi connectivity index (χ4n) is 4.26. The van der Waals surface area contributed by atoms with E-state index in [1.165, 1.54) is 19.3 Å². The van der Waals surface area contributed by atoms with Crippen molar-refractivity contribution < 1.29 is 22.7 Å². The molecule has 0 unspecified atom stereocenters. The fraction of sp³-hybridized carbons (Fsp3) is 0.0645. The van der Waals surface area contributed by atoms with Crippen LogP contribution in [0.15, 0.2) is 102 Å². The summed E-state index contributed by atoms with van der Waals surface area (Å²) in [5.74, 6) is -1.58. The van der Waals surface area contributed by atoms with Crippen molar-refractivity contribution in [2.45, 2.75) is 6.92 Å². The largest absolute Gasteiger partial charge is 0.496 e. The molecule has 4 nitrogen and oxygen atoms in total. The molecule has 1 amide bonds. The van der Waals surface area contributed by atoms with Crippen LogP contribution in [0.25, 0.3) is 38.8 Å².